The molecule has 2 heterocycles. The summed E-state index contributed by atoms with van der Waals surface area (Å²) in [6.45, 7) is 10.2. The van der Waals surface area contributed by atoms with Crippen molar-refractivity contribution in [3.63, 3.8) is 0 Å². The topological polar surface area (TPSA) is 24.5 Å². The summed E-state index contributed by atoms with van der Waals surface area (Å²) in [4.78, 5) is 2.62. The van der Waals surface area contributed by atoms with E-state index in [1.165, 1.54) is 45.3 Å². The van der Waals surface area contributed by atoms with Crippen molar-refractivity contribution in [2.75, 3.05) is 45.9 Å². The van der Waals surface area contributed by atoms with Crippen LogP contribution >= 0.6 is 0 Å². The molecule has 94 valence electrons. The first-order valence-electron chi connectivity index (χ1n) is 6.85. The molecule has 0 unspecified atom stereocenters. The van der Waals surface area contributed by atoms with Gasteiger partial charge in [0, 0.05) is 19.6 Å². The van der Waals surface area contributed by atoms with Gasteiger partial charge in [0.05, 0.1) is 13.2 Å². The van der Waals surface area contributed by atoms with Crippen LogP contribution in [0.3, 0.4) is 0 Å². The molecule has 0 spiro atoms. The average molecular weight is 226 g/mol. The molecule has 0 aliphatic carbocycles. The lowest BCUT2D eigenvalue weighted by molar-refractivity contribution is 0.00638. The second kappa shape index (κ2) is 5.99. The first-order chi connectivity index (χ1) is 7.85. The first kappa shape index (κ1) is 12.3. The van der Waals surface area contributed by atoms with Crippen LogP contribution in [0.15, 0.2) is 0 Å². The molecule has 0 bridgehead atoms. The van der Waals surface area contributed by atoms with Gasteiger partial charge in [-0.3, -0.25) is 4.90 Å². The van der Waals surface area contributed by atoms with Crippen LogP contribution in [0.25, 0.3) is 0 Å². The van der Waals surface area contributed by atoms with Gasteiger partial charge in [-0.1, -0.05) is 13.3 Å². The number of nitrogens with zero attached hydrogens (tertiary/aromatic N) is 1. The van der Waals surface area contributed by atoms with Crippen LogP contribution in [0.5, 0.6) is 0 Å². The third-order valence-corrected chi connectivity index (χ3v) is 4.11. The number of rotatable bonds is 4. The first-order valence-corrected chi connectivity index (χ1v) is 6.85. The van der Waals surface area contributed by atoms with E-state index < -0.39 is 0 Å². The van der Waals surface area contributed by atoms with Crippen molar-refractivity contribution in [3.8, 4) is 0 Å². The maximum Gasteiger partial charge on any atom is 0.0594 e. The maximum atomic E-state index is 5.43. The SMILES string of the molecule is CCCC1(CN2CCOCC2)CCNCC1. The smallest absolute Gasteiger partial charge is 0.0594 e. The molecule has 2 fully saturated rings. The molecule has 0 amide bonds. The highest BCUT2D eigenvalue weighted by Crippen LogP contribution is 2.35. The van der Waals surface area contributed by atoms with Gasteiger partial charge in [0.25, 0.3) is 0 Å². The Bertz CT molecular complexity index is 191. The molecule has 16 heavy (non-hydrogen) atoms. The Labute approximate surface area is 99.5 Å². The average Bonchev–Trinajstić information content (AvgIpc) is 2.31. The van der Waals surface area contributed by atoms with E-state index in [9.17, 15) is 0 Å². The van der Waals surface area contributed by atoms with Crippen molar-refractivity contribution >= 4 is 0 Å². The quantitative estimate of drug-likeness (QED) is 0.786. The fourth-order valence-electron chi connectivity index (χ4n) is 3.21. The van der Waals surface area contributed by atoms with Crippen LogP contribution in [0.4, 0.5) is 0 Å². The van der Waals surface area contributed by atoms with E-state index in [4.69, 9.17) is 4.74 Å². The molecule has 0 aromatic heterocycles. The monoisotopic (exact) mass is 226 g/mol. The lowest BCUT2D eigenvalue weighted by Gasteiger charge is -2.42. The molecule has 2 saturated heterocycles. The van der Waals surface area contributed by atoms with Crippen molar-refractivity contribution in [2.45, 2.75) is 32.6 Å². The standard InChI is InChI=1S/C13H26N2O/c1-2-3-13(4-6-14-7-5-13)12-15-8-10-16-11-9-15/h14H,2-12H2,1H3. The number of piperidine rings is 1. The summed E-state index contributed by atoms with van der Waals surface area (Å²) < 4.78 is 5.43. The van der Waals surface area contributed by atoms with Crippen LogP contribution in [-0.4, -0.2) is 50.8 Å². The lowest BCUT2D eigenvalue weighted by Crippen LogP contribution is -2.47. The van der Waals surface area contributed by atoms with E-state index in [0.29, 0.717) is 5.41 Å². The van der Waals surface area contributed by atoms with E-state index in [0.717, 1.165) is 26.3 Å². The number of hydrogen-bond acceptors (Lipinski definition) is 3. The third-order valence-electron chi connectivity index (χ3n) is 4.11. The summed E-state index contributed by atoms with van der Waals surface area (Å²) in [5, 5.41) is 3.49. The predicted molar refractivity (Wildman–Crippen MR) is 66.7 cm³/mol. The summed E-state index contributed by atoms with van der Waals surface area (Å²) in [6.07, 6.45) is 5.44. The van der Waals surface area contributed by atoms with Crippen LogP contribution < -0.4 is 5.32 Å². The largest absolute Gasteiger partial charge is 0.379 e. The molecule has 2 aliphatic rings. The fraction of sp³-hybridized carbons (Fsp3) is 1.00. The highest BCUT2D eigenvalue weighted by Gasteiger charge is 2.33. The van der Waals surface area contributed by atoms with Gasteiger partial charge in [0.15, 0.2) is 0 Å². The van der Waals surface area contributed by atoms with Crippen molar-refractivity contribution in [1.29, 1.82) is 0 Å². The van der Waals surface area contributed by atoms with Gasteiger partial charge in [-0.25, -0.2) is 0 Å². The molecular formula is C13H26N2O. The molecule has 1 N–H and O–H groups in total. The molecule has 0 aromatic carbocycles. The highest BCUT2D eigenvalue weighted by atomic mass is 16.5. The van der Waals surface area contributed by atoms with Crippen LogP contribution in [0.2, 0.25) is 0 Å². The van der Waals surface area contributed by atoms with Crippen LogP contribution in [-0.2, 0) is 4.74 Å². The van der Waals surface area contributed by atoms with E-state index >= 15 is 0 Å². The number of hydrogen-bond donors (Lipinski definition) is 1. The van der Waals surface area contributed by atoms with Gasteiger partial charge >= 0.3 is 0 Å². The van der Waals surface area contributed by atoms with E-state index in [2.05, 4.69) is 17.1 Å². The van der Waals surface area contributed by atoms with Gasteiger partial charge in [-0.05, 0) is 37.8 Å². The second-order valence-electron chi connectivity index (χ2n) is 5.39. The minimum atomic E-state index is 0.595. The molecule has 2 aliphatic heterocycles. The maximum absolute atomic E-state index is 5.43. The summed E-state index contributed by atoms with van der Waals surface area (Å²) in [5.41, 5.74) is 0.595. The molecule has 0 saturated carbocycles. The fourth-order valence-corrected chi connectivity index (χ4v) is 3.21. The third kappa shape index (κ3) is 3.19. The molecule has 3 heteroatoms. The van der Waals surface area contributed by atoms with E-state index in [1.54, 1.807) is 0 Å². The van der Waals surface area contributed by atoms with E-state index in [1.807, 2.05) is 0 Å². The molecule has 0 atom stereocenters. The zero-order valence-corrected chi connectivity index (χ0v) is 10.6. The van der Waals surface area contributed by atoms with Crippen molar-refractivity contribution in [1.82, 2.24) is 10.2 Å². The molecule has 0 radical (unpaired) electrons. The Morgan fingerprint density at radius 3 is 2.50 bits per heavy atom. The Balaban J connectivity index is 1.89. The van der Waals surface area contributed by atoms with Crippen LogP contribution in [0, 0.1) is 5.41 Å². The highest BCUT2D eigenvalue weighted by molar-refractivity contribution is 4.87. The molecule has 2 rings (SSSR count). The molecular weight excluding hydrogens is 200 g/mol. The minimum Gasteiger partial charge on any atom is -0.379 e. The van der Waals surface area contributed by atoms with Crippen molar-refractivity contribution < 1.29 is 4.74 Å². The summed E-state index contributed by atoms with van der Waals surface area (Å²) in [7, 11) is 0. The molecule has 0 aromatic rings. The lowest BCUT2D eigenvalue weighted by atomic mass is 9.75. The normalized spacial score (nSPS) is 26.8. The Morgan fingerprint density at radius 2 is 1.88 bits per heavy atom. The molecule has 3 nitrogen and oxygen atoms in total. The Morgan fingerprint density at radius 1 is 1.19 bits per heavy atom. The number of morpholine rings is 1. The van der Waals surface area contributed by atoms with Gasteiger partial charge in [0.1, 0.15) is 0 Å². The van der Waals surface area contributed by atoms with E-state index in [-0.39, 0.29) is 0 Å². The van der Waals surface area contributed by atoms with Crippen molar-refractivity contribution in [3.05, 3.63) is 0 Å². The zero-order valence-electron chi connectivity index (χ0n) is 10.6. The number of ether oxygens (including phenoxy) is 1. The Hall–Kier alpha value is -0.120. The Kier molecular flexibility index (Phi) is 4.62. The summed E-state index contributed by atoms with van der Waals surface area (Å²) in [5.74, 6) is 0. The summed E-state index contributed by atoms with van der Waals surface area (Å²) >= 11 is 0. The summed E-state index contributed by atoms with van der Waals surface area (Å²) in [6, 6.07) is 0. The number of nitrogens with one attached hydrogen (secondary N) is 1. The predicted octanol–water partition coefficient (Wildman–Crippen LogP) is 1.49. The van der Waals surface area contributed by atoms with Crippen molar-refractivity contribution in [2.24, 2.45) is 5.41 Å². The van der Waals surface area contributed by atoms with Gasteiger partial charge < -0.3 is 10.1 Å². The second-order valence-corrected chi connectivity index (χ2v) is 5.39. The van der Waals surface area contributed by atoms with Gasteiger partial charge in [-0.15, -0.1) is 0 Å². The van der Waals surface area contributed by atoms with Crippen LogP contribution in [0.1, 0.15) is 32.6 Å². The zero-order chi connectivity index (χ0) is 11.3. The van der Waals surface area contributed by atoms with Gasteiger partial charge in [-0.2, -0.15) is 0 Å². The van der Waals surface area contributed by atoms with Gasteiger partial charge in [0.2, 0.25) is 0 Å². The minimum absolute atomic E-state index is 0.595.